The summed E-state index contributed by atoms with van der Waals surface area (Å²) >= 11 is 0. The van der Waals surface area contributed by atoms with Crippen LogP contribution in [0.4, 0.5) is 0 Å². The summed E-state index contributed by atoms with van der Waals surface area (Å²) in [6.45, 7) is 7.07. The highest BCUT2D eigenvalue weighted by molar-refractivity contribution is 4.90. The lowest BCUT2D eigenvalue weighted by Gasteiger charge is -2.16. The first-order valence-electron chi connectivity index (χ1n) is 4.22. The van der Waals surface area contributed by atoms with Crippen molar-refractivity contribution in [2.24, 2.45) is 11.3 Å². The van der Waals surface area contributed by atoms with Crippen LogP contribution in [0.2, 0.25) is 0 Å². The predicted molar refractivity (Wildman–Crippen MR) is 45.0 cm³/mol. The number of rotatable bonds is 1. The van der Waals surface area contributed by atoms with Crippen LogP contribution in [-0.2, 0) is 0 Å². The smallest absolute Gasteiger partial charge is 0.00949 e. The summed E-state index contributed by atoms with van der Waals surface area (Å²) in [4.78, 5) is 0. The van der Waals surface area contributed by atoms with Crippen molar-refractivity contribution in [3.63, 3.8) is 0 Å². The molecule has 1 N–H and O–H groups in total. The van der Waals surface area contributed by atoms with Crippen molar-refractivity contribution >= 4 is 0 Å². The highest BCUT2D eigenvalue weighted by Crippen LogP contribution is 2.40. The second-order valence-corrected chi connectivity index (χ2v) is 4.44. The van der Waals surface area contributed by atoms with Gasteiger partial charge in [0.1, 0.15) is 0 Å². The summed E-state index contributed by atoms with van der Waals surface area (Å²) in [6.07, 6.45) is 2.71. The highest BCUT2D eigenvalue weighted by Gasteiger charge is 2.35. The van der Waals surface area contributed by atoms with Crippen LogP contribution in [0.5, 0.6) is 0 Å². The third-order valence-corrected chi connectivity index (χ3v) is 2.70. The lowest BCUT2D eigenvalue weighted by molar-refractivity contribution is 0.364. The Kier molecular flexibility index (Phi) is 2.04. The normalized spacial score (nSPS) is 38.4. The van der Waals surface area contributed by atoms with Crippen molar-refractivity contribution in [2.45, 2.75) is 39.7 Å². The van der Waals surface area contributed by atoms with Gasteiger partial charge in [-0.25, -0.2) is 0 Å². The van der Waals surface area contributed by atoms with Crippen LogP contribution in [0.3, 0.4) is 0 Å². The van der Waals surface area contributed by atoms with E-state index in [0.717, 1.165) is 12.0 Å². The van der Waals surface area contributed by atoms with Gasteiger partial charge in [-0.15, -0.1) is 0 Å². The monoisotopic (exact) mass is 141 g/mol. The number of hydrogen-bond donors (Lipinski definition) is 1. The molecule has 0 bridgehead atoms. The molecule has 1 fully saturated rings. The summed E-state index contributed by atoms with van der Waals surface area (Å²) in [5, 5.41) is 3.37. The molecule has 0 amide bonds. The Morgan fingerprint density at radius 1 is 1.30 bits per heavy atom. The molecule has 0 radical (unpaired) electrons. The average Bonchev–Trinajstić information content (AvgIpc) is 2.05. The molecule has 0 spiro atoms. The van der Waals surface area contributed by atoms with E-state index in [1.54, 1.807) is 0 Å². The van der Waals surface area contributed by atoms with E-state index in [2.05, 4.69) is 33.1 Å². The second kappa shape index (κ2) is 2.54. The van der Waals surface area contributed by atoms with Crippen molar-refractivity contribution < 1.29 is 0 Å². The third kappa shape index (κ3) is 1.51. The van der Waals surface area contributed by atoms with Gasteiger partial charge in [-0.3, -0.25) is 0 Å². The van der Waals surface area contributed by atoms with Crippen LogP contribution in [0.15, 0.2) is 0 Å². The third-order valence-electron chi connectivity index (χ3n) is 2.70. The van der Waals surface area contributed by atoms with Crippen molar-refractivity contribution in [2.75, 3.05) is 7.05 Å². The van der Waals surface area contributed by atoms with Gasteiger partial charge in [-0.1, -0.05) is 20.8 Å². The molecular formula is C9H19N. The van der Waals surface area contributed by atoms with E-state index in [1.807, 2.05) is 0 Å². The number of nitrogens with one attached hydrogen (secondary N) is 1. The molecule has 1 rings (SSSR count). The highest BCUT2D eigenvalue weighted by atomic mass is 14.9. The zero-order valence-corrected chi connectivity index (χ0v) is 7.57. The first kappa shape index (κ1) is 8.06. The molecule has 1 heteroatoms. The Morgan fingerprint density at radius 2 is 1.90 bits per heavy atom. The minimum absolute atomic E-state index is 0.576. The second-order valence-electron chi connectivity index (χ2n) is 4.44. The fourth-order valence-corrected chi connectivity index (χ4v) is 2.28. The zero-order chi connectivity index (χ0) is 7.78. The molecule has 0 aromatic carbocycles. The van der Waals surface area contributed by atoms with Crippen molar-refractivity contribution in [3.8, 4) is 0 Å². The molecule has 1 aliphatic rings. The maximum atomic E-state index is 3.37. The molecule has 1 saturated carbocycles. The van der Waals surface area contributed by atoms with Gasteiger partial charge in [0.15, 0.2) is 0 Å². The molecule has 0 aromatic rings. The number of hydrogen-bond acceptors (Lipinski definition) is 1. The van der Waals surface area contributed by atoms with E-state index in [-0.39, 0.29) is 0 Å². The zero-order valence-electron chi connectivity index (χ0n) is 7.57. The van der Waals surface area contributed by atoms with Gasteiger partial charge >= 0.3 is 0 Å². The first-order valence-corrected chi connectivity index (χ1v) is 4.22. The van der Waals surface area contributed by atoms with Gasteiger partial charge in [0.2, 0.25) is 0 Å². The summed E-state index contributed by atoms with van der Waals surface area (Å²) in [7, 11) is 2.07. The van der Waals surface area contributed by atoms with E-state index in [9.17, 15) is 0 Å². The SMILES string of the molecule is CNC1CC(C)(C)CC1C. The Labute approximate surface area is 64.2 Å². The fourth-order valence-electron chi connectivity index (χ4n) is 2.28. The minimum Gasteiger partial charge on any atom is -0.317 e. The van der Waals surface area contributed by atoms with E-state index < -0.39 is 0 Å². The molecule has 10 heavy (non-hydrogen) atoms. The van der Waals surface area contributed by atoms with Crippen molar-refractivity contribution in [3.05, 3.63) is 0 Å². The van der Waals surface area contributed by atoms with E-state index in [0.29, 0.717) is 5.41 Å². The molecule has 0 aliphatic heterocycles. The van der Waals surface area contributed by atoms with Gasteiger partial charge in [0.25, 0.3) is 0 Å². The van der Waals surface area contributed by atoms with Gasteiger partial charge in [0, 0.05) is 6.04 Å². The molecule has 0 heterocycles. The van der Waals surface area contributed by atoms with Crippen molar-refractivity contribution in [1.29, 1.82) is 0 Å². The van der Waals surface area contributed by atoms with Gasteiger partial charge in [-0.2, -0.15) is 0 Å². The summed E-state index contributed by atoms with van der Waals surface area (Å²) in [5.74, 6) is 0.861. The quantitative estimate of drug-likeness (QED) is 0.589. The maximum absolute atomic E-state index is 3.37. The summed E-state index contributed by atoms with van der Waals surface area (Å²) in [6, 6.07) is 0.759. The van der Waals surface area contributed by atoms with Crippen LogP contribution < -0.4 is 5.32 Å². The molecule has 1 aliphatic carbocycles. The van der Waals surface area contributed by atoms with Gasteiger partial charge in [-0.05, 0) is 31.2 Å². The standard InChI is InChI=1S/C9H19N/c1-7-5-9(2,3)6-8(7)10-4/h7-8,10H,5-6H2,1-4H3. The Hall–Kier alpha value is -0.0400. The van der Waals surface area contributed by atoms with Crippen LogP contribution in [0.1, 0.15) is 33.6 Å². The van der Waals surface area contributed by atoms with E-state index >= 15 is 0 Å². The molecule has 2 atom stereocenters. The van der Waals surface area contributed by atoms with E-state index in [1.165, 1.54) is 12.8 Å². The Bertz CT molecular complexity index is 118. The van der Waals surface area contributed by atoms with Crippen LogP contribution in [-0.4, -0.2) is 13.1 Å². The maximum Gasteiger partial charge on any atom is 0.00949 e. The van der Waals surface area contributed by atoms with Gasteiger partial charge in [0.05, 0.1) is 0 Å². The molecular weight excluding hydrogens is 122 g/mol. The molecule has 60 valence electrons. The lowest BCUT2D eigenvalue weighted by Crippen LogP contribution is -2.27. The first-order chi connectivity index (χ1) is 4.55. The van der Waals surface area contributed by atoms with Crippen LogP contribution >= 0.6 is 0 Å². The van der Waals surface area contributed by atoms with Crippen molar-refractivity contribution in [1.82, 2.24) is 5.32 Å². The summed E-state index contributed by atoms with van der Waals surface area (Å²) in [5.41, 5.74) is 0.576. The van der Waals surface area contributed by atoms with Gasteiger partial charge < -0.3 is 5.32 Å². The lowest BCUT2D eigenvalue weighted by atomic mass is 9.91. The van der Waals surface area contributed by atoms with Crippen LogP contribution in [0, 0.1) is 11.3 Å². The molecule has 0 aromatic heterocycles. The molecule has 2 unspecified atom stereocenters. The Balaban J connectivity index is 2.52. The predicted octanol–water partition coefficient (Wildman–Crippen LogP) is 2.03. The molecule has 0 saturated heterocycles. The topological polar surface area (TPSA) is 12.0 Å². The Morgan fingerprint density at radius 3 is 2.10 bits per heavy atom. The fraction of sp³-hybridized carbons (Fsp3) is 1.00. The van der Waals surface area contributed by atoms with Crippen LogP contribution in [0.25, 0.3) is 0 Å². The largest absolute Gasteiger partial charge is 0.317 e. The molecule has 1 nitrogen and oxygen atoms in total. The average molecular weight is 141 g/mol. The van der Waals surface area contributed by atoms with E-state index in [4.69, 9.17) is 0 Å². The minimum atomic E-state index is 0.576. The summed E-state index contributed by atoms with van der Waals surface area (Å²) < 4.78 is 0.